The molecule has 0 amide bonds. The van der Waals surface area contributed by atoms with Gasteiger partial charge in [-0.05, 0) is 36.2 Å². The van der Waals surface area contributed by atoms with E-state index in [0.717, 1.165) is 12.0 Å². The lowest BCUT2D eigenvalue weighted by molar-refractivity contribution is 0.238. The van der Waals surface area contributed by atoms with Crippen LogP contribution >= 0.6 is 23.2 Å². The first-order chi connectivity index (χ1) is 12.5. The molecule has 2 rings (SSSR count). The maximum Gasteiger partial charge on any atom is 0.180 e. The molecule has 0 aliphatic heterocycles. The highest BCUT2D eigenvalue weighted by molar-refractivity contribution is 6.32. The van der Waals surface area contributed by atoms with Gasteiger partial charge in [0.2, 0.25) is 0 Å². The van der Waals surface area contributed by atoms with Crippen LogP contribution < -0.4 is 14.8 Å². The second kappa shape index (κ2) is 9.97. The molecule has 0 unspecified atom stereocenters. The van der Waals surface area contributed by atoms with Crippen LogP contribution in [0.25, 0.3) is 0 Å². The summed E-state index contributed by atoms with van der Waals surface area (Å²) in [4.78, 5) is 0. The standard InChI is InChI=1S/C19H22Cl2FNO3/c1-3-15(10-24)23-9-12-6-17(21)19(18(7-12)25-2)26-11-13-4-5-14(22)8-16(13)20/h4-8,15,23-24H,3,9-11H2,1-2H3/t15-/m0/s1. The van der Waals surface area contributed by atoms with E-state index in [4.69, 9.17) is 32.7 Å². The fraction of sp³-hybridized carbons (Fsp3) is 0.368. The molecule has 2 aromatic carbocycles. The average molecular weight is 402 g/mol. The van der Waals surface area contributed by atoms with Crippen molar-refractivity contribution >= 4 is 23.2 Å². The van der Waals surface area contributed by atoms with Gasteiger partial charge in [0, 0.05) is 18.2 Å². The van der Waals surface area contributed by atoms with Gasteiger partial charge >= 0.3 is 0 Å². The van der Waals surface area contributed by atoms with Gasteiger partial charge in [-0.3, -0.25) is 0 Å². The molecule has 7 heteroatoms. The van der Waals surface area contributed by atoms with E-state index in [-0.39, 0.29) is 24.3 Å². The van der Waals surface area contributed by atoms with E-state index in [0.29, 0.717) is 28.6 Å². The third-order valence-electron chi connectivity index (χ3n) is 3.98. The van der Waals surface area contributed by atoms with E-state index in [1.54, 1.807) is 12.1 Å². The Kier molecular flexibility index (Phi) is 7.97. The largest absolute Gasteiger partial charge is 0.493 e. The van der Waals surface area contributed by atoms with Crippen molar-refractivity contribution in [1.82, 2.24) is 5.32 Å². The smallest absolute Gasteiger partial charge is 0.180 e. The maximum absolute atomic E-state index is 13.1. The number of aliphatic hydroxyl groups is 1. The van der Waals surface area contributed by atoms with Gasteiger partial charge < -0.3 is 19.9 Å². The van der Waals surface area contributed by atoms with Gasteiger partial charge in [-0.2, -0.15) is 0 Å². The van der Waals surface area contributed by atoms with E-state index in [2.05, 4.69) is 5.32 Å². The number of halogens is 3. The molecule has 0 aliphatic rings. The van der Waals surface area contributed by atoms with Crippen LogP contribution in [0.2, 0.25) is 10.0 Å². The normalized spacial score (nSPS) is 12.1. The van der Waals surface area contributed by atoms with E-state index in [9.17, 15) is 9.50 Å². The van der Waals surface area contributed by atoms with Crippen molar-refractivity contribution in [2.75, 3.05) is 13.7 Å². The molecule has 0 saturated carbocycles. The Bertz CT molecular complexity index is 739. The van der Waals surface area contributed by atoms with Crippen LogP contribution in [0, 0.1) is 5.82 Å². The SMILES string of the molecule is CC[C@@H](CO)NCc1cc(Cl)c(OCc2ccc(F)cc2Cl)c(OC)c1. The Labute approximate surface area is 162 Å². The molecule has 2 aromatic rings. The molecule has 4 nitrogen and oxygen atoms in total. The zero-order chi connectivity index (χ0) is 19.1. The van der Waals surface area contributed by atoms with Crippen molar-refractivity contribution in [3.63, 3.8) is 0 Å². The van der Waals surface area contributed by atoms with E-state index >= 15 is 0 Å². The summed E-state index contributed by atoms with van der Waals surface area (Å²) in [6, 6.07) is 7.75. The van der Waals surface area contributed by atoms with Crippen molar-refractivity contribution in [2.24, 2.45) is 0 Å². The fourth-order valence-electron chi connectivity index (χ4n) is 2.40. The molecular formula is C19H22Cl2FNO3. The minimum atomic E-state index is -0.403. The summed E-state index contributed by atoms with van der Waals surface area (Å²) in [5.41, 5.74) is 1.55. The van der Waals surface area contributed by atoms with Crippen molar-refractivity contribution in [2.45, 2.75) is 32.5 Å². The summed E-state index contributed by atoms with van der Waals surface area (Å²) in [7, 11) is 1.53. The van der Waals surface area contributed by atoms with Gasteiger partial charge in [-0.15, -0.1) is 0 Å². The summed E-state index contributed by atoms with van der Waals surface area (Å²) < 4.78 is 24.3. The number of benzene rings is 2. The molecule has 0 heterocycles. The summed E-state index contributed by atoms with van der Waals surface area (Å²) in [5, 5.41) is 13.2. The molecule has 1 atom stereocenters. The number of ether oxygens (including phenoxy) is 2. The van der Waals surface area contributed by atoms with Crippen LogP contribution in [-0.2, 0) is 13.2 Å². The summed E-state index contributed by atoms with van der Waals surface area (Å²) in [5.74, 6) is 0.483. The van der Waals surface area contributed by atoms with Crippen LogP contribution in [0.3, 0.4) is 0 Å². The highest BCUT2D eigenvalue weighted by Crippen LogP contribution is 2.37. The topological polar surface area (TPSA) is 50.7 Å². The quantitative estimate of drug-likeness (QED) is 0.645. The Hall–Kier alpha value is -1.53. The highest BCUT2D eigenvalue weighted by Gasteiger charge is 2.14. The Balaban J connectivity index is 2.13. The summed E-state index contributed by atoms with van der Waals surface area (Å²) in [6.07, 6.45) is 0.820. The molecule has 0 bridgehead atoms. The van der Waals surface area contributed by atoms with Crippen LogP contribution in [0.1, 0.15) is 24.5 Å². The monoisotopic (exact) mass is 401 g/mol. The third kappa shape index (κ3) is 5.48. The molecule has 0 spiro atoms. The minimum Gasteiger partial charge on any atom is -0.493 e. The van der Waals surface area contributed by atoms with Gasteiger partial charge in [0.1, 0.15) is 12.4 Å². The van der Waals surface area contributed by atoms with Gasteiger partial charge in [0.25, 0.3) is 0 Å². The Morgan fingerprint density at radius 1 is 1.19 bits per heavy atom. The minimum absolute atomic E-state index is 0.0244. The second-order valence-electron chi connectivity index (χ2n) is 5.80. The van der Waals surface area contributed by atoms with Crippen LogP contribution in [-0.4, -0.2) is 24.9 Å². The molecule has 142 valence electrons. The van der Waals surface area contributed by atoms with E-state index in [1.165, 1.54) is 19.2 Å². The van der Waals surface area contributed by atoms with Crippen molar-refractivity contribution < 1.29 is 19.0 Å². The fourth-order valence-corrected chi connectivity index (χ4v) is 2.91. The van der Waals surface area contributed by atoms with Crippen LogP contribution in [0.4, 0.5) is 4.39 Å². The third-order valence-corrected chi connectivity index (χ3v) is 4.62. The zero-order valence-electron chi connectivity index (χ0n) is 14.7. The van der Waals surface area contributed by atoms with E-state index in [1.807, 2.05) is 13.0 Å². The molecule has 0 aliphatic carbocycles. The number of nitrogens with one attached hydrogen (secondary N) is 1. The molecule has 0 saturated heterocycles. The second-order valence-corrected chi connectivity index (χ2v) is 6.62. The molecule has 0 fully saturated rings. The van der Waals surface area contributed by atoms with Gasteiger partial charge in [-0.25, -0.2) is 4.39 Å². The molecule has 2 N–H and O–H groups in total. The Morgan fingerprint density at radius 3 is 2.58 bits per heavy atom. The van der Waals surface area contributed by atoms with Crippen molar-refractivity contribution in [1.29, 1.82) is 0 Å². The number of rotatable bonds is 9. The highest BCUT2D eigenvalue weighted by atomic mass is 35.5. The Morgan fingerprint density at radius 2 is 1.96 bits per heavy atom. The first-order valence-electron chi connectivity index (χ1n) is 8.25. The lowest BCUT2D eigenvalue weighted by Crippen LogP contribution is -2.31. The number of hydrogen-bond donors (Lipinski definition) is 2. The van der Waals surface area contributed by atoms with Gasteiger partial charge in [-0.1, -0.05) is 36.2 Å². The number of hydrogen-bond acceptors (Lipinski definition) is 4. The van der Waals surface area contributed by atoms with Crippen molar-refractivity contribution in [3.05, 3.63) is 57.3 Å². The van der Waals surface area contributed by atoms with Crippen LogP contribution in [0.5, 0.6) is 11.5 Å². The lowest BCUT2D eigenvalue weighted by atomic mass is 10.1. The zero-order valence-corrected chi connectivity index (χ0v) is 16.2. The van der Waals surface area contributed by atoms with E-state index < -0.39 is 5.82 Å². The molecule has 0 aromatic heterocycles. The molecule has 26 heavy (non-hydrogen) atoms. The average Bonchev–Trinajstić information content (AvgIpc) is 2.62. The lowest BCUT2D eigenvalue weighted by Gasteiger charge is -2.17. The van der Waals surface area contributed by atoms with Crippen LogP contribution in [0.15, 0.2) is 30.3 Å². The van der Waals surface area contributed by atoms with Crippen molar-refractivity contribution in [3.8, 4) is 11.5 Å². The summed E-state index contributed by atoms with van der Waals surface area (Å²) >= 11 is 12.4. The first kappa shape index (κ1) is 20.8. The number of aliphatic hydroxyl groups excluding tert-OH is 1. The first-order valence-corrected chi connectivity index (χ1v) is 9.01. The predicted molar refractivity (Wildman–Crippen MR) is 102 cm³/mol. The summed E-state index contributed by atoms with van der Waals surface area (Å²) in [6.45, 7) is 2.74. The molecular weight excluding hydrogens is 380 g/mol. The molecule has 0 radical (unpaired) electrons. The van der Waals surface area contributed by atoms with Gasteiger partial charge in [0.15, 0.2) is 11.5 Å². The maximum atomic E-state index is 13.1. The predicted octanol–water partition coefficient (Wildman–Crippen LogP) is 4.58. The van der Waals surface area contributed by atoms with Gasteiger partial charge in [0.05, 0.1) is 23.8 Å². The number of methoxy groups -OCH3 is 1.